The second kappa shape index (κ2) is 5.35. The number of carbonyl (C=O) groups is 1. The molecule has 0 aliphatic rings. The zero-order valence-electron chi connectivity index (χ0n) is 8.99. The maximum atomic E-state index is 10.4. The summed E-state index contributed by atoms with van der Waals surface area (Å²) >= 11 is 0. The molecule has 80 valence electrons. The summed E-state index contributed by atoms with van der Waals surface area (Å²) in [5, 5.41) is 8.52. The highest BCUT2D eigenvalue weighted by Gasteiger charge is 2.03. The van der Waals surface area contributed by atoms with E-state index in [0.717, 1.165) is 17.6 Å². The fraction of sp³-hybridized carbons (Fsp3) is 0.308. The van der Waals surface area contributed by atoms with E-state index in [1.807, 2.05) is 31.2 Å². The highest BCUT2D eigenvalue weighted by atomic mass is 16.4. The fourth-order valence-corrected chi connectivity index (χ4v) is 1.56. The molecule has 0 aromatic heterocycles. The average Bonchev–Trinajstić information content (AvgIpc) is 2.17. The minimum Gasteiger partial charge on any atom is -0.481 e. The normalized spacial score (nSPS) is 9.93. The Labute approximate surface area is 90.3 Å². The van der Waals surface area contributed by atoms with Crippen molar-refractivity contribution in [1.82, 2.24) is 0 Å². The van der Waals surface area contributed by atoms with E-state index in [-0.39, 0.29) is 6.42 Å². The minimum atomic E-state index is -0.743. The van der Waals surface area contributed by atoms with Gasteiger partial charge in [0.1, 0.15) is 0 Å². The SMILES string of the molecule is C=C(CCCC(=O)O)c1ccccc1C. The van der Waals surface area contributed by atoms with Crippen LogP contribution in [0.3, 0.4) is 0 Å². The first kappa shape index (κ1) is 11.5. The number of carboxylic acids is 1. The van der Waals surface area contributed by atoms with Gasteiger partial charge < -0.3 is 5.11 Å². The second-order valence-electron chi connectivity index (χ2n) is 3.67. The number of hydrogen-bond donors (Lipinski definition) is 1. The zero-order chi connectivity index (χ0) is 11.3. The highest BCUT2D eigenvalue weighted by molar-refractivity contribution is 5.68. The van der Waals surface area contributed by atoms with Gasteiger partial charge >= 0.3 is 5.97 Å². The minimum absolute atomic E-state index is 0.213. The van der Waals surface area contributed by atoms with Crippen molar-refractivity contribution in [3.8, 4) is 0 Å². The van der Waals surface area contributed by atoms with Crippen LogP contribution in [0, 0.1) is 6.92 Å². The van der Waals surface area contributed by atoms with Crippen molar-refractivity contribution in [3.63, 3.8) is 0 Å². The molecule has 0 saturated heterocycles. The van der Waals surface area contributed by atoms with Gasteiger partial charge in [0, 0.05) is 6.42 Å². The lowest BCUT2D eigenvalue weighted by Gasteiger charge is -2.08. The van der Waals surface area contributed by atoms with Gasteiger partial charge in [0.05, 0.1) is 0 Å². The third-order valence-electron chi connectivity index (χ3n) is 2.40. The Hall–Kier alpha value is -1.57. The van der Waals surface area contributed by atoms with Gasteiger partial charge in [0.15, 0.2) is 0 Å². The highest BCUT2D eigenvalue weighted by Crippen LogP contribution is 2.21. The van der Waals surface area contributed by atoms with Gasteiger partial charge in [0.25, 0.3) is 0 Å². The van der Waals surface area contributed by atoms with Crippen LogP contribution in [0.15, 0.2) is 30.8 Å². The van der Waals surface area contributed by atoms with Crippen molar-refractivity contribution >= 4 is 11.5 Å². The lowest BCUT2D eigenvalue weighted by atomic mass is 9.98. The summed E-state index contributed by atoms with van der Waals surface area (Å²) in [6, 6.07) is 8.03. The standard InChI is InChI=1S/C13H16O2/c1-10-6-3-4-8-12(10)11(2)7-5-9-13(14)15/h3-4,6,8H,2,5,7,9H2,1H3,(H,14,15). The van der Waals surface area contributed by atoms with Gasteiger partial charge in [-0.25, -0.2) is 0 Å². The molecule has 0 saturated carbocycles. The van der Waals surface area contributed by atoms with Gasteiger partial charge in [0.2, 0.25) is 0 Å². The van der Waals surface area contributed by atoms with Crippen molar-refractivity contribution in [2.45, 2.75) is 26.2 Å². The number of allylic oxidation sites excluding steroid dienone is 1. The molecular formula is C13H16O2. The molecule has 1 aromatic rings. The van der Waals surface area contributed by atoms with Crippen molar-refractivity contribution in [2.75, 3.05) is 0 Å². The number of aliphatic carboxylic acids is 1. The Morgan fingerprint density at radius 3 is 2.60 bits per heavy atom. The maximum Gasteiger partial charge on any atom is 0.303 e. The maximum absolute atomic E-state index is 10.4. The number of rotatable bonds is 5. The van der Waals surface area contributed by atoms with Gasteiger partial charge in [-0.2, -0.15) is 0 Å². The van der Waals surface area contributed by atoms with E-state index < -0.39 is 5.97 Å². The Bertz CT molecular complexity index is 367. The van der Waals surface area contributed by atoms with Crippen molar-refractivity contribution in [2.24, 2.45) is 0 Å². The molecule has 1 aromatic carbocycles. The van der Waals surface area contributed by atoms with Crippen LogP contribution in [0.2, 0.25) is 0 Å². The summed E-state index contributed by atoms with van der Waals surface area (Å²) in [4.78, 5) is 10.4. The monoisotopic (exact) mass is 204 g/mol. The fourth-order valence-electron chi connectivity index (χ4n) is 1.56. The van der Waals surface area contributed by atoms with Crippen LogP contribution >= 0.6 is 0 Å². The molecular weight excluding hydrogens is 188 g/mol. The quantitative estimate of drug-likeness (QED) is 0.799. The van der Waals surface area contributed by atoms with Crippen LogP contribution < -0.4 is 0 Å². The van der Waals surface area contributed by atoms with Crippen LogP contribution in [0.4, 0.5) is 0 Å². The van der Waals surface area contributed by atoms with Crippen molar-refractivity contribution in [3.05, 3.63) is 42.0 Å². The molecule has 2 heteroatoms. The topological polar surface area (TPSA) is 37.3 Å². The predicted octanol–water partition coefficient (Wildman–Crippen LogP) is 3.26. The summed E-state index contributed by atoms with van der Waals surface area (Å²) < 4.78 is 0. The van der Waals surface area contributed by atoms with Crippen LogP contribution in [0.5, 0.6) is 0 Å². The lowest BCUT2D eigenvalue weighted by molar-refractivity contribution is -0.137. The molecule has 0 aliphatic heterocycles. The molecule has 0 amide bonds. The zero-order valence-corrected chi connectivity index (χ0v) is 8.99. The van der Waals surface area contributed by atoms with E-state index in [1.54, 1.807) is 0 Å². The third-order valence-corrected chi connectivity index (χ3v) is 2.40. The molecule has 15 heavy (non-hydrogen) atoms. The van der Waals surface area contributed by atoms with Gasteiger partial charge in [-0.15, -0.1) is 0 Å². The van der Waals surface area contributed by atoms with E-state index in [0.29, 0.717) is 6.42 Å². The summed E-state index contributed by atoms with van der Waals surface area (Å²) in [5.74, 6) is -0.743. The Morgan fingerprint density at radius 2 is 2.00 bits per heavy atom. The number of aryl methyl sites for hydroxylation is 1. The molecule has 2 nitrogen and oxygen atoms in total. The molecule has 0 fully saturated rings. The molecule has 1 rings (SSSR count). The number of benzene rings is 1. The molecule has 0 radical (unpaired) electrons. The first-order valence-electron chi connectivity index (χ1n) is 5.07. The molecule has 0 atom stereocenters. The average molecular weight is 204 g/mol. The smallest absolute Gasteiger partial charge is 0.303 e. The molecule has 0 bridgehead atoms. The molecule has 0 aliphatic carbocycles. The predicted molar refractivity (Wildman–Crippen MR) is 61.7 cm³/mol. The molecule has 0 unspecified atom stereocenters. The molecule has 0 heterocycles. The van der Waals surface area contributed by atoms with E-state index in [2.05, 4.69) is 6.58 Å². The van der Waals surface area contributed by atoms with Crippen molar-refractivity contribution < 1.29 is 9.90 Å². The first-order valence-corrected chi connectivity index (χ1v) is 5.07. The van der Waals surface area contributed by atoms with Crippen LogP contribution in [0.1, 0.15) is 30.4 Å². The van der Waals surface area contributed by atoms with Gasteiger partial charge in [-0.3, -0.25) is 4.79 Å². The van der Waals surface area contributed by atoms with Crippen LogP contribution in [0.25, 0.3) is 5.57 Å². The molecule has 1 N–H and O–H groups in total. The summed E-state index contributed by atoms with van der Waals surface area (Å²) in [6.45, 7) is 6.03. The van der Waals surface area contributed by atoms with Gasteiger partial charge in [-0.05, 0) is 36.5 Å². The number of carboxylic acid groups (broad SMARTS) is 1. The van der Waals surface area contributed by atoms with E-state index in [9.17, 15) is 4.79 Å². The Morgan fingerprint density at radius 1 is 1.33 bits per heavy atom. The molecule has 0 spiro atoms. The van der Waals surface area contributed by atoms with Crippen molar-refractivity contribution in [1.29, 1.82) is 0 Å². The second-order valence-corrected chi connectivity index (χ2v) is 3.67. The summed E-state index contributed by atoms with van der Waals surface area (Å²) in [7, 11) is 0. The van der Waals surface area contributed by atoms with Crippen LogP contribution in [-0.2, 0) is 4.79 Å². The Kier molecular flexibility index (Phi) is 4.10. The van der Waals surface area contributed by atoms with E-state index in [1.165, 1.54) is 5.56 Å². The third kappa shape index (κ3) is 3.58. The summed E-state index contributed by atoms with van der Waals surface area (Å²) in [6.07, 6.45) is 1.62. The lowest BCUT2D eigenvalue weighted by Crippen LogP contribution is -1.95. The van der Waals surface area contributed by atoms with Gasteiger partial charge in [-0.1, -0.05) is 30.8 Å². The largest absolute Gasteiger partial charge is 0.481 e. The van der Waals surface area contributed by atoms with E-state index in [4.69, 9.17) is 5.11 Å². The summed E-state index contributed by atoms with van der Waals surface area (Å²) in [5.41, 5.74) is 3.36. The number of hydrogen-bond acceptors (Lipinski definition) is 1. The first-order chi connectivity index (χ1) is 7.11. The van der Waals surface area contributed by atoms with E-state index >= 15 is 0 Å². The van der Waals surface area contributed by atoms with Crippen LogP contribution in [-0.4, -0.2) is 11.1 Å². The Balaban J connectivity index is 2.54.